The van der Waals surface area contributed by atoms with Crippen LogP contribution in [0, 0.1) is 0 Å². The molecule has 0 aliphatic heterocycles. The lowest BCUT2D eigenvalue weighted by Gasteiger charge is -2.18. The van der Waals surface area contributed by atoms with Gasteiger partial charge in [0.05, 0.1) is 6.61 Å². The fraction of sp³-hybridized carbons (Fsp3) is 0.294. The summed E-state index contributed by atoms with van der Waals surface area (Å²) in [5, 5.41) is 4.81. The lowest BCUT2D eigenvalue weighted by atomic mass is 10.1. The normalized spacial score (nSPS) is 12.2. The molecule has 2 aromatic carbocycles. The van der Waals surface area contributed by atoms with Gasteiger partial charge < -0.3 is 10.1 Å². The van der Waals surface area contributed by atoms with E-state index in [0.717, 1.165) is 16.9 Å². The van der Waals surface area contributed by atoms with Gasteiger partial charge in [-0.3, -0.25) is 0 Å². The number of benzene rings is 2. The highest BCUT2D eigenvalue weighted by atomic mass is 35.5. The fourth-order valence-electron chi connectivity index (χ4n) is 2.24. The zero-order chi connectivity index (χ0) is 15.2. The average molecular weight is 324 g/mol. The van der Waals surface area contributed by atoms with Crippen molar-refractivity contribution in [3.8, 4) is 5.75 Å². The van der Waals surface area contributed by atoms with E-state index in [4.69, 9.17) is 27.9 Å². The molecule has 0 bridgehead atoms. The van der Waals surface area contributed by atoms with E-state index in [-0.39, 0.29) is 6.04 Å². The predicted octanol–water partition coefficient (Wildman–Crippen LogP) is 5.24. The Kier molecular flexibility index (Phi) is 5.92. The maximum absolute atomic E-state index is 6.24. The second-order valence-electron chi connectivity index (χ2n) is 4.78. The minimum absolute atomic E-state index is 0.0564. The Hall–Kier alpha value is -1.22. The maximum atomic E-state index is 6.24. The van der Waals surface area contributed by atoms with Crippen LogP contribution >= 0.6 is 23.2 Å². The van der Waals surface area contributed by atoms with Crippen LogP contribution in [0.5, 0.6) is 5.75 Å². The molecule has 2 aromatic rings. The summed E-state index contributed by atoms with van der Waals surface area (Å²) >= 11 is 12.5. The van der Waals surface area contributed by atoms with Crippen LogP contribution in [-0.4, -0.2) is 6.61 Å². The first-order valence-corrected chi connectivity index (χ1v) is 7.77. The monoisotopic (exact) mass is 323 g/mol. The van der Waals surface area contributed by atoms with Crippen LogP contribution in [0.2, 0.25) is 10.0 Å². The average Bonchev–Trinajstić information content (AvgIpc) is 2.46. The zero-order valence-corrected chi connectivity index (χ0v) is 13.7. The quantitative estimate of drug-likeness (QED) is 0.784. The molecule has 0 saturated heterocycles. The van der Waals surface area contributed by atoms with Crippen molar-refractivity contribution >= 4 is 23.2 Å². The van der Waals surface area contributed by atoms with E-state index in [1.807, 2.05) is 43.3 Å². The molecule has 0 spiro atoms. The SMILES string of the molecule is CCOc1ccccc1CNC(C)c1c(Cl)cccc1Cl. The lowest BCUT2D eigenvalue weighted by Crippen LogP contribution is -2.19. The number of hydrogen-bond acceptors (Lipinski definition) is 2. The van der Waals surface area contributed by atoms with Crippen molar-refractivity contribution in [2.75, 3.05) is 6.61 Å². The van der Waals surface area contributed by atoms with Gasteiger partial charge in [-0.1, -0.05) is 47.5 Å². The molecule has 2 nitrogen and oxygen atoms in total. The number of para-hydroxylation sites is 1. The Bertz CT molecular complexity index is 581. The molecule has 0 amide bonds. The standard InChI is InChI=1S/C17H19Cl2NO/c1-3-21-16-10-5-4-7-13(16)11-20-12(2)17-14(18)8-6-9-15(17)19/h4-10,12,20H,3,11H2,1-2H3. The minimum atomic E-state index is 0.0564. The Morgan fingerprint density at radius 3 is 2.38 bits per heavy atom. The molecule has 1 N–H and O–H groups in total. The Labute approximate surface area is 136 Å². The summed E-state index contributed by atoms with van der Waals surface area (Å²) in [5.74, 6) is 0.907. The van der Waals surface area contributed by atoms with Crippen LogP contribution in [0.15, 0.2) is 42.5 Å². The highest BCUT2D eigenvalue weighted by Crippen LogP contribution is 2.30. The molecule has 0 heterocycles. The summed E-state index contributed by atoms with van der Waals surface area (Å²) in [6.07, 6.45) is 0. The van der Waals surface area contributed by atoms with E-state index in [2.05, 4.69) is 18.3 Å². The number of ether oxygens (including phenoxy) is 1. The predicted molar refractivity (Wildman–Crippen MR) is 89.3 cm³/mol. The maximum Gasteiger partial charge on any atom is 0.123 e. The summed E-state index contributed by atoms with van der Waals surface area (Å²) in [5.41, 5.74) is 2.05. The van der Waals surface area contributed by atoms with Crippen LogP contribution in [0.25, 0.3) is 0 Å². The summed E-state index contributed by atoms with van der Waals surface area (Å²) in [6.45, 7) is 5.38. The van der Waals surface area contributed by atoms with Crippen LogP contribution in [0.1, 0.15) is 31.0 Å². The summed E-state index contributed by atoms with van der Waals surface area (Å²) in [6, 6.07) is 13.6. The van der Waals surface area contributed by atoms with Gasteiger partial charge in [-0.2, -0.15) is 0 Å². The molecule has 1 unspecified atom stereocenters. The Balaban J connectivity index is 2.09. The molecular weight excluding hydrogens is 305 g/mol. The van der Waals surface area contributed by atoms with Crippen LogP contribution in [-0.2, 0) is 6.54 Å². The van der Waals surface area contributed by atoms with Gasteiger partial charge in [0, 0.05) is 33.8 Å². The Morgan fingerprint density at radius 1 is 1.05 bits per heavy atom. The fourth-order valence-corrected chi connectivity index (χ4v) is 2.96. The van der Waals surface area contributed by atoms with Crippen molar-refractivity contribution in [2.45, 2.75) is 26.4 Å². The van der Waals surface area contributed by atoms with Gasteiger partial charge in [-0.25, -0.2) is 0 Å². The third kappa shape index (κ3) is 4.13. The van der Waals surface area contributed by atoms with Gasteiger partial charge in [0.1, 0.15) is 5.75 Å². The topological polar surface area (TPSA) is 21.3 Å². The van der Waals surface area contributed by atoms with Crippen molar-refractivity contribution < 1.29 is 4.74 Å². The van der Waals surface area contributed by atoms with Gasteiger partial charge >= 0.3 is 0 Å². The van der Waals surface area contributed by atoms with Gasteiger partial charge in [0.15, 0.2) is 0 Å². The molecule has 0 aromatic heterocycles. The van der Waals surface area contributed by atoms with Crippen molar-refractivity contribution in [1.29, 1.82) is 0 Å². The highest BCUT2D eigenvalue weighted by Gasteiger charge is 2.13. The summed E-state index contributed by atoms with van der Waals surface area (Å²) in [7, 11) is 0. The first-order chi connectivity index (χ1) is 10.1. The minimum Gasteiger partial charge on any atom is -0.494 e. The molecule has 2 rings (SSSR count). The number of rotatable bonds is 6. The smallest absolute Gasteiger partial charge is 0.123 e. The molecule has 0 fully saturated rings. The van der Waals surface area contributed by atoms with Crippen molar-refractivity contribution in [3.63, 3.8) is 0 Å². The number of halogens is 2. The largest absolute Gasteiger partial charge is 0.494 e. The van der Waals surface area contributed by atoms with Crippen molar-refractivity contribution in [1.82, 2.24) is 5.32 Å². The molecular formula is C17H19Cl2NO. The molecule has 4 heteroatoms. The molecule has 112 valence electrons. The van der Waals surface area contributed by atoms with E-state index in [1.54, 1.807) is 0 Å². The van der Waals surface area contributed by atoms with Crippen LogP contribution in [0.3, 0.4) is 0 Å². The summed E-state index contributed by atoms with van der Waals surface area (Å²) in [4.78, 5) is 0. The third-order valence-corrected chi connectivity index (χ3v) is 3.96. The van der Waals surface area contributed by atoms with Gasteiger partial charge in [-0.05, 0) is 32.0 Å². The van der Waals surface area contributed by atoms with Gasteiger partial charge in [0.2, 0.25) is 0 Å². The molecule has 0 aliphatic carbocycles. The van der Waals surface area contributed by atoms with E-state index < -0.39 is 0 Å². The van der Waals surface area contributed by atoms with Crippen molar-refractivity contribution in [2.24, 2.45) is 0 Å². The first-order valence-electron chi connectivity index (χ1n) is 7.01. The molecule has 1 atom stereocenters. The van der Waals surface area contributed by atoms with Crippen LogP contribution in [0.4, 0.5) is 0 Å². The second-order valence-corrected chi connectivity index (χ2v) is 5.59. The van der Waals surface area contributed by atoms with Crippen LogP contribution < -0.4 is 10.1 Å². The molecule has 21 heavy (non-hydrogen) atoms. The summed E-state index contributed by atoms with van der Waals surface area (Å²) < 4.78 is 5.63. The second kappa shape index (κ2) is 7.69. The third-order valence-electron chi connectivity index (χ3n) is 3.30. The van der Waals surface area contributed by atoms with Crippen molar-refractivity contribution in [3.05, 3.63) is 63.6 Å². The first kappa shape index (κ1) is 16.2. The molecule has 0 saturated carbocycles. The lowest BCUT2D eigenvalue weighted by molar-refractivity contribution is 0.335. The van der Waals surface area contributed by atoms with E-state index >= 15 is 0 Å². The highest BCUT2D eigenvalue weighted by molar-refractivity contribution is 6.36. The zero-order valence-electron chi connectivity index (χ0n) is 12.2. The Morgan fingerprint density at radius 2 is 1.71 bits per heavy atom. The number of nitrogens with one attached hydrogen (secondary N) is 1. The van der Waals surface area contributed by atoms with Gasteiger partial charge in [0.25, 0.3) is 0 Å². The van der Waals surface area contributed by atoms with E-state index in [0.29, 0.717) is 23.2 Å². The molecule has 0 aliphatic rings. The number of hydrogen-bond donors (Lipinski definition) is 1. The molecule has 0 radical (unpaired) electrons. The van der Waals surface area contributed by atoms with E-state index in [9.17, 15) is 0 Å². The van der Waals surface area contributed by atoms with E-state index in [1.165, 1.54) is 0 Å². The van der Waals surface area contributed by atoms with Gasteiger partial charge in [-0.15, -0.1) is 0 Å².